The van der Waals surface area contributed by atoms with Crippen LogP contribution >= 0.6 is 0 Å². The summed E-state index contributed by atoms with van der Waals surface area (Å²) in [6, 6.07) is 0. The predicted molar refractivity (Wildman–Crippen MR) is 86.9 cm³/mol. The summed E-state index contributed by atoms with van der Waals surface area (Å²) < 4.78 is 5.39. The van der Waals surface area contributed by atoms with E-state index in [2.05, 4.69) is 26.8 Å². The highest BCUT2D eigenvalue weighted by Crippen LogP contribution is 2.14. The van der Waals surface area contributed by atoms with Crippen molar-refractivity contribution in [1.82, 2.24) is 0 Å². The lowest BCUT2D eigenvalue weighted by Crippen LogP contribution is -2.09. The molecule has 0 aliphatic rings. The van der Waals surface area contributed by atoms with Crippen LogP contribution in [0.1, 0.15) is 91.4 Å². The van der Waals surface area contributed by atoms with Crippen LogP contribution in [-0.2, 0) is 9.53 Å². The quantitative estimate of drug-likeness (QED) is 0.242. The number of hydrogen-bond donors (Lipinski definition) is 0. The third kappa shape index (κ3) is 11.1. The van der Waals surface area contributed by atoms with Crippen molar-refractivity contribution in [1.29, 1.82) is 0 Å². The SMILES string of the molecule is CCCCCC=C(CCCCC)C(=O)OCCCCC. The fraction of sp³-hybridized carbons (Fsp3) is 0.833. The lowest BCUT2D eigenvalue weighted by atomic mass is 10.0. The second-order valence-corrected chi connectivity index (χ2v) is 5.53. The molecular formula is C18H34O2. The van der Waals surface area contributed by atoms with Crippen molar-refractivity contribution in [2.75, 3.05) is 6.61 Å². The summed E-state index contributed by atoms with van der Waals surface area (Å²) in [5, 5.41) is 0. The van der Waals surface area contributed by atoms with Crippen molar-refractivity contribution in [2.45, 2.75) is 91.4 Å². The summed E-state index contributed by atoms with van der Waals surface area (Å²) in [6.45, 7) is 7.12. The Morgan fingerprint density at radius 3 is 2.10 bits per heavy atom. The van der Waals surface area contributed by atoms with Gasteiger partial charge < -0.3 is 4.74 Å². The molecule has 0 heterocycles. The van der Waals surface area contributed by atoms with E-state index >= 15 is 0 Å². The highest BCUT2D eigenvalue weighted by molar-refractivity contribution is 5.88. The molecule has 0 aliphatic heterocycles. The Morgan fingerprint density at radius 2 is 1.45 bits per heavy atom. The Morgan fingerprint density at radius 1 is 0.850 bits per heavy atom. The zero-order valence-corrected chi connectivity index (χ0v) is 13.9. The number of hydrogen-bond acceptors (Lipinski definition) is 2. The molecule has 0 saturated carbocycles. The molecule has 0 spiro atoms. The van der Waals surface area contributed by atoms with Crippen LogP contribution in [-0.4, -0.2) is 12.6 Å². The van der Waals surface area contributed by atoms with Gasteiger partial charge in [-0.25, -0.2) is 4.79 Å². The van der Waals surface area contributed by atoms with Gasteiger partial charge in [0.15, 0.2) is 0 Å². The van der Waals surface area contributed by atoms with Crippen LogP contribution < -0.4 is 0 Å². The number of esters is 1. The van der Waals surface area contributed by atoms with E-state index in [0.717, 1.165) is 44.1 Å². The summed E-state index contributed by atoms with van der Waals surface area (Å²) in [6.07, 6.45) is 14.4. The van der Waals surface area contributed by atoms with E-state index in [0.29, 0.717) is 6.61 Å². The predicted octanol–water partition coefficient (Wildman–Crippen LogP) is 5.81. The Kier molecular flexibility index (Phi) is 14.0. The fourth-order valence-corrected chi connectivity index (χ4v) is 2.13. The molecule has 0 radical (unpaired) electrons. The van der Waals surface area contributed by atoms with Crippen molar-refractivity contribution in [2.24, 2.45) is 0 Å². The summed E-state index contributed by atoms with van der Waals surface area (Å²) in [5.41, 5.74) is 0.908. The molecule has 0 saturated heterocycles. The van der Waals surface area contributed by atoms with Crippen molar-refractivity contribution in [3.8, 4) is 0 Å². The number of allylic oxidation sites excluding steroid dienone is 1. The fourth-order valence-electron chi connectivity index (χ4n) is 2.13. The van der Waals surface area contributed by atoms with E-state index in [9.17, 15) is 4.79 Å². The van der Waals surface area contributed by atoms with Gasteiger partial charge in [0.2, 0.25) is 0 Å². The largest absolute Gasteiger partial charge is 0.462 e. The number of ether oxygens (including phenoxy) is 1. The normalized spacial score (nSPS) is 11.7. The molecule has 0 aromatic heterocycles. The second-order valence-electron chi connectivity index (χ2n) is 5.53. The lowest BCUT2D eigenvalue weighted by Gasteiger charge is -2.08. The molecule has 20 heavy (non-hydrogen) atoms. The maximum Gasteiger partial charge on any atom is 0.333 e. The molecule has 0 rings (SSSR count). The summed E-state index contributed by atoms with van der Waals surface area (Å²) in [4.78, 5) is 12.1. The topological polar surface area (TPSA) is 26.3 Å². The molecule has 118 valence electrons. The van der Waals surface area contributed by atoms with Gasteiger partial charge in [0, 0.05) is 5.57 Å². The van der Waals surface area contributed by atoms with Crippen LogP contribution in [0.5, 0.6) is 0 Å². The first-order valence-electron chi connectivity index (χ1n) is 8.62. The maximum atomic E-state index is 12.1. The zero-order chi connectivity index (χ0) is 15.1. The van der Waals surface area contributed by atoms with E-state index in [-0.39, 0.29) is 5.97 Å². The van der Waals surface area contributed by atoms with E-state index in [1.165, 1.54) is 32.1 Å². The van der Waals surface area contributed by atoms with Crippen LogP contribution in [0.3, 0.4) is 0 Å². The Hall–Kier alpha value is -0.790. The third-order valence-electron chi connectivity index (χ3n) is 3.49. The highest BCUT2D eigenvalue weighted by atomic mass is 16.5. The minimum atomic E-state index is -0.0753. The molecule has 2 nitrogen and oxygen atoms in total. The Balaban J connectivity index is 4.15. The minimum Gasteiger partial charge on any atom is -0.462 e. The molecule has 0 aromatic carbocycles. The number of rotatable bonds is 13. The molecule has 0 N–H and O–H groups in total. The number of carbonyl (C=O) groups excluding carboxylic acids is 1. The molecule has 0 atom stereocenters. The van der Waals surface area contributed by atoms with Crippen LogP contribution in [0.15, 0.2) is 11.6 Å². The monoisotopic (exact) mass is 282 g/mol. The molecule has 0 amide bonds. The van der Waals surface area contributed by atoms with Crippen LogP contribution in [0, 0.1) is 0 Å². The molecule has 0 fully saturated rings. The van der Waals surface area contributed by atoms with E-state index in [1.54, 1.807) is 0 Å². The number of unbranched alkanes of at least 4 members (excludes halogenated alkanes) is 7. The van der Waals surface area contributed by atoms with Crippen LogP contribution in [0.2, 0.25) is 0 Å². The first-order chi connectivity index (χ1) is 9.76. The molecule has 0 unspecified atom stereocenters. The maximum absolute atomic E-state index is 12.1. The number of carbonyl (C=O) groups is 1. The standard InChI is InChI=1S/C18H34O2/c1-4-7-10-12-15-17(14-11-8-5-2)18(19)20-16-13-9-6-3/h15H,4-14,16H2,1-3H3. The van der Waals surface area contributed by atoms with Crippen molar-refractivity contribution >= 4 is 5.97 Å². The third-order valence-corrected chi connectivity index (χ3v) is 3.49. The zero-order valence-electron chi connectivity index (χ0n) is 13.9. The van der Waals surface area contributed by atoms with Gasteiger partial charge in [-0.2, -0.15) is 0 Å². The highest BCUT2D eigenvalue weighted by Gasteiger charge is 2.10. The summed E-state index contributed by atoms with van der Waals surface area (Å²) in [7, 11) is 0. The summed E-state index contributed by atoms with van der Waals surface area (Å²) >= 11 is 0. The summed E-state index contributed by atoms with van der Waals surface area (Å²) in [5.74, 6) is -0.0753. The Labute approximate surface area is 126 Å². The van der Waals surface area contributed by atoms with Crippen molar-refractivity contribution in [3.63, 3.8) is 0 Å². The van der Waals surface area contributed by atoms with Crippen LogP contribution in [0.4, 0.5) is 0 Å². The molecule has 0 aliphatic carbocycles. The lowest BCUT2D eigenvalue weighted by molar-refractivity contribution is -0.139. The van der Waals surface area contributed by atoms with Gasteiger partial charge in [-0.15, -0.1) is 0 Å². The van der Waals surface area contributed by atoms with Crippen LogP contribution in [0.25, 0.3) is 0 Å². The van der Waals surface area contributed by atoms with E-state index in [4.69, 9.17) is 4.74 Å². The first-order valence-corrected chi connectivity index (χ1v) is 8.62. The molecule has 0 aromatic rings. The Bertz CT molecular complexity index is 256. The average molecular weight is 282 g/mol. The first kappa shape index (κ1) is 19.2. The van der Waals surface area contributed by atoms with E-state index < -0.39 is 0 Å². The molecule has 0 bridgehead atoms. The van der Waals surface area contributed by atoms with Gasteiger partial charge in [-0.05, 0) is 32.1 Å². The van der Waals surface area contributed by atoms with Crippen molar-refractivity contribution < 1.29 is 9.53 Å². The van der Waals surface area contributed by atoms with Gasteiger partial charge in [0.1, 0.15) is 0 Å². The van der Waals surface area contributed by atoms with Gasteiger partial charge in [-0.3, -0.25) is 0 Å². The molecule has 2 heteroatoms. The van der Waals surface area contributed by atoms with Crippen molar-refractivity contribution in [3.05, 3.63) is 11.6 Å². The smallest absolute Gasteiger partial charge is 0.333 e. The van der Waals surface area contributed by atoms with Gasteiger partial charge in [0.25, 0.3) is 0 Å². The van der Waals surface area contributed by atoms with E-state index in [1.807, 2.05) is 0 Å². The van der Waals surface area contributed by atoms with Gasteiger partial charge in [-0.1, -0.05) is 65.4 Å². The molecular weight excluding hydrogens is 248 g/mol. The minimum absolute atomic E-state index is 0.0753. The second kappa shape index (κ2) is 14.6. The average Bonchev–Trinajstić information content (AvgIpc) is 2.46. The van der Waals surface area contributed by atoms with Gasteiger partial charge in [0.05, 0.1) is 6.61 Å². The van der Waals surface area contributed by atoms with Gasteiger partial charge >= 0.3 is 5.97 Å².